The second-order valence-electron chi connectivity index (χ2n) is 3.88. The predicted octanol–water partition coefficient (Wildman–Crippen LogP) is 1.20. The van der Waals surface area contributed by atoms with Crippen LogP contribution >= 0.6 is 15.9 Å². The van der Waals surface area contributed by atoms with Gasteiger partial charge in [-0.1, -0.05) is 6.07 Å². The molecule has 0 saturated carbocycles. The largest absolute Gasteiger partial charge is 0.326 e. The Morgan fingerprint density at radius 1 is 1.50 bits per heavy atom. The van der Waals surface area contributed by atoms with Crippen LogP contribution in [0.5, 0.6) is 0 Å². The standard InChI is InChI=1S/C10H14BrN3/c1-14-5-7(8(12)6-14)9-3-2-4-10(11)13-9/h2-4,7-8H,5-6,12H2,1H3. The van der Waals surface area contributed by atoms with Crippen LogP contribution in [0.25, 0.3) is 0 Å². The van der Waals surface area contributed by atoms with Crippen LogP contribution in [-0.4, -0.2) is 36.1 Å². The summed E-state index contributed by atoms with van der Waals surface area (Å²) < 4.78 is 0.886. The van der Waals surface area contributed by atoms with E-state index in [1.54, 1.807) is 0 Å². The topological polar surface area (TPSA) is 42.1 Å². The Morgan fingerprint density at radius 2 is 2.29 bits per heavy atom. The number of rotatable bonds is 1. The molecule has 1 fully saturated rings. The summed E-state index contributed by atoms with van der Waals surface area (Å²) in [6, 6.07) is 6.21. The highest BCUT2D eigenvalue weighted by atomic mass is 79.9. The van der Waals surface area contributed by atoms with Crippen LogP contribution in [0.1, 0.15) is 11.6 Å². The maximum Gasteiger partial charge on any atom is 0.106 e. The lowest BCUT2D eigenvalue weighted by molar-refractivity contribution is 0.407. The highest BCUT2D eigenvalue weighted by Gasteiger charge is 2.29. The minimum Gasteiger partial charge on any atom is -0.326 e. The van der Waals surface area contributed by atoms with Gasteiger partial charge in [0.05, 0.1) is 0 Å². The van der Waals surface area contributed by atoms with Crippen LogP contribution in [0.15, 0.2) is 22.8 Å². The van der Waals surface area contributed by atoms with Gasteiger partial charge < -0.3 is 10.6 Å². The van der Waals surface area contributed by atoms with Crippen LogP contribution in [0.4, 0.5) is 0 Å². The first-order chi connectivity index (χ1) is 6.66. The third-order valence-electron chi connectivity index (χ3n) is 2.66. The van der Waals surface area contributed by atoms with Crippen molar-refractivity contribution in [3.63, 3.8) is 0 Å². The summed E-state index contributed by atoms with van der Waals surface area (Å²) in [5.41, 5.74) is 7.15. The molecule has 1 aliphatic rings. The lowest BCUT2D eigenvalue weighted by atomic mass is 10.0. The van der Waals surface area contributed by atoms with Gasteiger partial charge in [0.2, 0.25) is 0 Å². The van der Waals surface area contributed by atoms with Crippen LogP contribution in [0.2, 0.25) is 0 Å². The van der Waals surface area contributed by atoms with Gasteiger partial charge in [-0.3, -0.25) is 0 Å². The van der Waals surface area contributed by atoms with Gasteiger partial charge >= 0.3 is 0 Å². The average Bonchev–Trinajstić information content (AvgIpc) is 2.45. The molecule has 1 aliphatic heterocycles. The van der Waals surface area contributed by atoms with Crippen molar-refractivity contribution in [1.29, 1.82) is 0 Å². The Hall–Kier alpha value is -0.450. The minimum absolute atomic E-state index is 0.210. The summed E-state index contributed by atoms with van der Waals surface area (Å²) in [7, 11) is 2.10. The van der Waals surface area contributed by atoms with E-state index in [2.05, 4.69) is 38.9 Å². The first kappa shape index (κ1) is 10.1. The quantitative estimate of drug-likeness (QED) is 0.768. The molecule has 1 aromatic heterocycles. The maximum atomic E-state index is 6.05. The molecule has 4 heteroatoms. The Bertz CT molecular complexity index is 329. The normalized spacial score (nSPS) is 28.2. The lowest BCUT2D eigenvalue weighted by Gasteiger charge is -2.13. The minimum atomic E-state index is 0.210. The molecule has 1 aromatic rings. The highest BCUT2D eigenvalue weighted by Crippen LogP contribution is 2.24. The number of hydrogen-bond donors (Lipinski definition) is 1. The number of nitrogens with two attached hydrogens (primary N) is 1. The Morgan fingerprint density at radius 3 is 2.86 bits per heavy atom. The molecule has 2 rings (SSSR count). The van der Waals surface area contributed by atoms with E-state index in [1.807, 2.05) is 12.1 Å². The number of likely N-dealkylation sites (tertiary alicyclic amines) is 1. The number of aromatic nitrogens is 1. The Kier molecular flexibility index (Phi) is 2.85. The zero-order valence-electron chi connectivity index (χ0n) is 8.15. The third-order valence-corrected chi connectivity index (χ3v) is 3.11. The molecule has 0 aliphatic carbocycles. The summed E-state index contributed by atoms with van der Waals surface area (Å²) >= 11 is 3.38. The SMILES string of the molecule is CN1CC(N)C(c2cccc(Br)n2)C1. The summed E-state index contributed by atoms with van der Waals surface area (Å²) in [5, 5.41) is 0. The molecule has 2 heterocycles. The van der Waals surface area contributed by atoms with E-state index in [1.165, 1.54) is 0 Å². The van der Waals surface area contributed by atoms with Crippen LogP contribution in [-0.2, 0) is 0 Å². The maximum absolute atomic E-state index is 6.05. The molecular formula is C10H14BrN3. The Balaban J connectivity index is 2.23. The smallest absolute Gasteiger partial charge is 0.106 e. The molecule has 14 heavy (non-hydrogen) atoms. The predicted molar refractivity (Wildman–Crippen MR) is 60.2 cm³/mol. The van der Waals surface area contributed by atoms with Crippen molar-refractivity contribution in [3.8, 4) is 0 Å². The Labute approximate surface area is 92.4 Å². The molecule has 0 bridgehead atoms. The van der Waals surface area contributed by atoms with Crippen molar-refractivity contribution in [3.05, 3.63) is 28.5 Å². The third kappa shape index (κ3) is 1.97. The van der Waals surface area contributed by atoms with E-state index < -0.39 is 0 Å². The molecule has 2 atom stereocenters. The van der Waals surface area contributed by atoms with Crippen molar-refractivity contribution in [2.75, 3.05) is 20.1 Å². The fourth-order valence-corrected chi connectivity index (χ4v) is 2.33. The van der Waals surface area contributed by atoms with Gasteiger partial charge in [-0.05, 0) is 35.1 Å². The van der Waals surface area contributed by atoms with Gasteiger partial charge in [0.1, 0.15) is 4.60 Å². The number of halogens is 1. The summed E-state index contributed by atoms with van der Waals surface area (Å²) in [5.74, 6) is 0.373. The average molecular weight is 256 g/mol. The summed E-state index contributed by atoms with van der Waals surface area (Å²) in [6.45, 7) is 1.96. The highest BCUT2D eigenvalue weighted by molar-refractivity contribution is 9.10. The molecule has 1 saturated heterocycles. The molecule has 2 N–H and O–H groups in total. The van der Waals surface area contributed by atoms with Gasteiger partial charge in [-0.15, -0.1) is 0 Å². The number of pyridine rings is 1. The fraction of sp³-hybridized carbons (Fsp3) is 0.500. The molecule has 0 radical (unpaired) electrons. The first-order valence-electron chi connectivity index (χ1n) is 4.73. The first-order valence-corrected chi connectivity index (χ1v) is 5.52. The summed E-state index contributed by atoms with van der Waals surface area (Å²) in [6.07, 6.45) is 0. The van der Waals surface area contributed by atoms with Crippen LogP contribution in [0.3, 0.4) is 0 Å². The van der Waals surface area contributed by atoms with Gasteiger partial charge in [0.25, 0.3) is 0 Å². The van der Waals surface area contributed by atoms with Crippen LogP contribution < -0.4 is 5.73 Å². The zero-order chi connectivity index (χ0) is 10.1. The molecule has 0 amide bonds. The number of nitrogens with zero attached hydrogens (tertiary/aromatic N) is 2. The van der Waals surface area contributed by atoms with Crippen molar-refractivity contribution in [2.45, 2.75) is 12.0 Å². The molecule has 76 valence electrons. The van der Waals surface area contributed by atoms with E-state index in [-0.39, 0.29) is 6.04 Å². The summed E-state index contributed by atoms with van der Waals surface area (Å²) in [4.78, 5) is 6.70. The van der Waals surface area contributed by atoms with E-state index in [0.717, 1.165) is 23.4 Å². The van der Waals surface area contributed by atoms with E-state index in [9.17, 15) is 0 Å². The molecule has 0 spiro atoms. The number of hydrogen-bond acceptors (Lipinski definition) is 3. The van der Waals surface area contributed by atoms with Gasteiger partial charge in [-0.25, -0.2) is 4.98 Å². The monoisotopic (exact) mass is 255 g/mol. The van der Waals surface area contributed by atoms with Crippen molar-refractivity contribution in [2.24, 2.45) is 5.73 Å². The van der Waals surface area contributed by atoms with E-state index >= 15 is 0 Å². The van der Waals surface area contributed by atoms with E-state index in [4.69, 9.17) is 5.73 Å². The van der Waals surface area contributed by atoms with E-state index in [0.29, 0.717) is 5.92 Å². The fourth-order valence-electron chi connectivity index (χ4n) is 1.98. The van der Waals surface area contributed by atoms with Crippen LogP contribution in [0, 0.1) is 0 Å². The van der Waals surface area contributed by atoms with Gasteiger partial charge in [-0.2, -0.15) is 0 Å². The molecular weight excluding hydrogens is 242 g/mol. The second-order valence-corrected chi connectivity index (χ2v) is 4.69. The second kappa shape index (κ2) is 3.96. The van der Waals surface area contributed by atoms with Gasteiger partial charge in [0.15, 0.2) is 0 Å². The molecule has 3 nitrogen and oxygen atoms in total. The molecule has 2 unspecified atom stereocenters. The van der Waals surface area contributed by atoms with Crippen molar-refractivity contribution >= 4 is 15.9 Å². The lowest BCUT2D eigenvalue weighted by Crippen LogP contribution is -2.28. The van der Waals surface area contributed by atoms with Crippen molar-refractivity contribution in [1.82, 2.24) is 9.88 Å². The number of likely N-dealkylation sites (N-methyl/N-ethyl adjacent to an activating group) is 1. The molecule has 0 aromatic carbocycles. The van der Waals surface area contributed by atoms with Crippen molar-refractivity contribution < 1.29 is 0 Å². The zero-order valence-corrected chi connectivity index (χ0v) is 9.74. The van der Waals surface area contributed by atoms with Gasteiger partial charge in [0, 0.05) is 30.7 Å².